The van der Waals surface area contributed by atoms with E-state index < -0.39 is 0 Å². The minimum Gasteiger partial charge on any atom is -0.281 e. The van der Waals surface area contributed by atoms with Gasteiger partial charge in [-0.25, -0.2) is 0 Å². The van der Waals surface area contributed by atoms with Crippen molar-refractivity contribution in [3.63, 3.8) is 0 Å². The van der Waals surface area contributed by atoms with Gasteiger partial charge < -0.3 is 0 Å². The fourth-order valence-corrected chi connectivity index (χ4v) is 1.62. The first-order valence-electron chi connectivity index (χ1n) is 3.41. The topological polar surface area (TPSA) is 17.1 Å². The molecule has 0 aromatic carbocycles. The molecule has 1 fully saturated rings. The quantitative estimate of drug-likeness (QED) is 0.547. The Labute approximate surface area is 60.4 Å². The zero-order valence-corrected chi connectivity index (χ0v) is 6.37. The van der Waals surface area contributed by atoms with Gasteiger partial charge in [0.2, 0.25) is 5.24 Å². The predicted octanol–water partition coefficient (Wildman–Crippen LogP) is 2.33. The summed E-state index contributed by atoms with van der Waals surface area (Å²) in [4.78, 5) is 10.7. The highest BCUT2D eigenvalue weighted by Crippen LogP contribution is 2.45. The standard InChI is InChI=1S/C7H11ClO/c1-2-7(6(8)9)4-3-5-7/h2-5H2,1H3. The molecule has 0 aromatic heterocycles. The van der Waals surface area contributed by atoms with Crippen LogP contribution in [0.25, 0.3) is 0 Å². The van der Waals surface area contributed by atoms with Crippen molar-refractivity contribution in [3.05, 3.63) is 0 Å². The first-order valence-corrected chi connectivity index (χ1v) is 3.79. The predicted molar refractivity (Wildman–Crippen MR) is 37.4 cm³/mol. The molecular formula is C7H11ClO. The number of carbonyl (C=O) groups excluding carboxylic acids is 1. The number of hydrogen-bond acceptors (Lipinski definition) is 1. The van der Waals surface area contributed by atoms with Gasteiger partial charge in [0.15, 0.2) is 0 Å². The van der Waals surface area contributed by atoms with Crippen LogP contribution in [0.15, 0.2) is 0 Å². The third-order valence-electron chi connectivity index (χ3n) is 2.40. The molecule has 0 N–H and O–H groups in total. The van der Waals surface area contributed by atoms with E-state index >= 15 is 0 Å². The van der Waals surface area contributed by atoms with Gasteiger partial charge in [0.05, 0.1) is 0 Å². The van der Waals surface area contributed by atoms with E-state index in [4.69, 9.17) is 11.6 Å². The molecule has 0 bridgehead atoms. The van der Waals surface area contributed by atoms with E-state index in [1.807, 2.05) is 6.92 Å². The second-order valence-corrected chi connectivity index (χ2v) is 3.10. The Kier molecular flexibility index (Phi) is 1.80. The van der Waals surface area contributed by atoms with Crippen LogP contribution in [0.1, 0.15) is 32.6 Å². The number of halogens is 1. The SMILES string of the molecule is CCC1(C(=O)Cl)CCC1. The molecule has 1 aliphatic carbocycles. The molecule has 0 spiro atoms. The van der Waals surface area contributed by atoms with Crippen LogP contribution in [0.3, 0.4) is 0 Å². The Hall–Kier alpha value is -0.0400. The van der Waals surface area contributed by atoms with E-state index in [-0.39, 0.29) is 10.7 Å². The van der Waals surface area contributed by atoms with Crippen LogP contribution in [0.2, 0.25) is 0 Å². The van der Waals surface area contributed by atoms with Crippen molar-refractivity contribution < 1.29 is 4.79 Å². The van der Waals surface area contributed by atoms with Gasteiger partial charge in [-0.1, -0.05) is 13.3 Å². The molecule has 52 valence electrons. The largest absolute Gasteiger partial charge is 0.281 e. The van der Waals surface area contributed by atoms with Gasteiger partial charge in [-0.05, 0) is 30.9 Å². The molecule has 0 atom stereocenters. The van der Waals surface area contributed by atoms with Crippen molar-refractivity contribution in [1.29, 1.82) is 0 Å². The molecule has 0 saturated heterocycles. The van der Waals surface area contributed by atoms with Crippen molar-refractivity contribution in [3.8, 4) is 0 Å². The van der Waals surface area contributed by atoms with E-state index in [0.717, 1.165) is 19.3 Å². The van der Waals surface area contributed by atoms with Crippen LogP contribution < -0.4 is 0 Å². The first-order chi connectivity index (χ1) is 4.21. The zero-order valence-electron chi connectivity index (χ0n) is 5.61. The van der Waals surface area contributed by atoms with Crippen LogP contribution in [-0.4, -0.2) is 5.24 Å². The molecule has 0 amide bonds. The number of rotatable bonds is 2. The van der Waals surface area contributed by atoms with Gasteiger partial charge in [0, 0.05) is 5.41 Å². The minimum atomic E-state index is -0.128. The fraction of sp³-hybridized carbons (Fsp3) is 0.857. The van der Waals surface area contributed by atoms with E-state index in [1.165, 1.54) is 6.42 Å². The summed E-state index contributed by atoms with van der Waals surface area (Å²) in [5.74, 6) is 0. The smallest absolute Gasteiger partial charge is 0.227 e. The summed E-state index contributed by atoms with van der Waals surface area (Å²) in [6.45, 7) is 2.03. The lowest BCUT2D eigenvalue weighted by Crippen LogP contribution is -2.34. The highest BCUT2D eigenvalue weighted by atomic mass is 35.5. The molecule has 1 nitrogen and oxygen atoms in total. The summed E-state index contributed by atoms with van der Waals surface area (Å²) in [6, 6.07) is 0. The average molecular weight is 147 g/mol. The lowest BCUT2D eigenvalue weighted by Gasteiger charge is -2.37. The third-order valence-corrected chi connectivity index (χ3v) is 2.81. The molecule has 0 unspecified atom stereocenters. The molecule has 0 aromatic rings. The summed E-state index contributed by atoms with van der Waals surface area (Å²) in [5, 5.41) is -0.128. The number of carbonyl (C=O) groups is 1. The maximum absolute atomic E-state index is 10.7. The Bertz CT molecular complexity index is 121. The molecule has 2 heteroatoms. The summed E-state index contributed by atoms with van der Waals surface area (Å²) in [5.41, 5.74) is -0.110. The molecule has 0 radical (unpaired) electrons. The maximum atomic E-state index is 10.7. The molecule has 0 heterocycles. The Morgan fingerprint density at radius 2 is 2.22 bits per heavy atom. The summed E-state index contributed by atoms with van der Waals surface area (Å²) >= 11 is 5.40. The minimum absolute atomic E-state index is 0.110. The van der Waals surface area contributed by atoms with Crippen molar-refractivity contribution in [1.82, 2.24) is 0 Å². The zero-order chi connectivity index (χ0) is 6.91. The second-order valence-electron chi connectivity index (χ2n) is 2.76. The van der Waals surface area contributed by atoms with Gasteiger partial charge in [0.1, 0.15) is 0 Å². The summed E-state index contributed by atoms with van der Waals surface area (Å²) in [6.07, 6.45) is 4.10. The molecule has 1 aliphatic rings. The first kappa shape index (κ1) is 7.07. The second kappa shape index (κ2) is 2.30. The van der Waals surface area contributed by atoms with Crippen LogP contribution >= 0.6 is 11.6 Å². The van der Waals surface area contributed by atoms with Crippen molar-refractivity contribution in [2.75, 3.05) is 0 Å². The van der Waals surface area contributed by atoms with Crippen molar-refractivity contribution >= 4 is 16.8 Å². The molecule has 9 heavy (non-hydrogen) atoms. The van der Waals surface area contributed by atoms with Crippen LogP contribution in [0.5, 0.6) is 0 Å². The molecule has 1 saturated carbocycles. The summed E-state index contributed by atoms with van der Waals surface area (Å²) in [7, 11) is 0. The fourth-order valence-electron chi connectivity index (χ4n) is 1.29. The Balaban J connectivity index is 2.57. The monoisotopic (exact) mass is 146 g/mol. The lowest BCUT2D eigenvalue weighted by atomic mass is 9.68. The van der Waals surface area contributed by atoms with Gasteiger partial charge in [0.25, 0.3) is 0 Å². The van der Waals surface area contributed by atoms with Gasteiger partial charge in [-0.2, -0.15) is 0 Å². The lowest BCUT2D eigenvalue weighted by molar-refractivity contribution is -0.125. The molecule has 1 rings (SSSR count). The van der Waals surface area contributed by atoms with Crippen molar-refractivity contribution in [2.45, 2.75) is 32.6 Å². The number of hydrogen-bond donors (Lipinski definition) is 0. The van der Waals surface area contributed by atoms with E-state index in [1.54, 1.807) is 0 Å². The highest BCUT2D eigenvalue weighted by molar-refractivity contribution is 6.64. The van der Waals surface area contributed by atoms with Gasteiger partial charge in [-0.3, -0.25) is 4.79 Å². The van der Waals surface area contributed by atoms with Gasteiger partial charge in [-0.15, -0.1) is 0 Å². The third kappa shape index (κ3) is 0.983. The summed E-state index contributed by atoms with van der Waals surface area (Å²) < 4.78 is 0. The van der Waals surface area contributed by atoms with Crippen molar-refractivity contribution in [2.24, 2.45) is 5.41 Å². The maximum Gasteiger partial charge on any atom is 0.227 e. The van der Waals surface area contributed by atoms with Crippen LogP contribution in [-0.2, 0) is 4.79 Å². The average Bonchev–Trinajstić information content (AvgIpc) is 1.62. The van der Waals surface area contributed by atoms with E-state index in [0.29, 0.717) is 0 Å². The van der Waals surface area contributed by atoms with Crippen LogP contribution in [0, 0.1) is 5.41 Å². The Morgan fingerprint density at radius 1 is 1.67 bits per heavy atom. The van der Waals surface area contributed by atoms with Gasteiger partial charge >= 0.3 is 0 Å². The normalized spacial score (nSPS) is 22.9. The molecular weight excluding hydrogens is 136 g/mol. The van der Waals surface area contributed by atoms with E-state index in [2.05, 4.69) is 0 Å². The highest BCUT2D eigenvalue weighted by Gasteiger charge is 2.40. The Morgan fingerprint density at radius 3 is 2.22 bits per heavy atom. The molecule has 0 aliphatic heterocycles. The van der Waals surface area contributed by atoms with E-state index in [9.17, 15) is 4.79 Å². The van der Waals surface area contributed by atoms with Crippen LogP contribution in [0.4, 0.5) is 0 Å².